The number of amides is 4. The van der Waals surface area contributed by atoms with Crippen LogP contribution in [0.15, 0.2) is 28.7 Å². The number of halogens is 1. The molecule has 0 bridgehead atoms. The molecule has 2 N–H and O–H groups in total. The van der Waals surface area contributed by atoms with E-state index in [4.69, 9.17) is 0 Å². The first-order chi connectivity index (χ1) is 11.4. The van der Waals surface area contributed by atoms with E-state index in [9.17, 15) is 14.4 Å². The molecule has 7 heteroatoms. The van der Waals surface area contributed by atoms with Crippen LogP contribution in [0.4, 0.5) is 4.79 Å². The fraction of sp³-hybridized carbons (Fsp3) is 0.471. The standard InChI is InChI=1S/C17H22BrN3O3/c1-3-4-7-10-19-14(22)11-21-15(23)17(2,20-16(21)24)12-8-5-6-9-13(12)18/h5-6,8-9H,3-4,7,10-11H2,1-2H3,(H,19,22)(H,20,24). The van der Waals surface area contributed by atoms with Gasteiger partial charge in [0.05, 0.1) is 0 Å². The van der Waals surface area contributed by atoms with Gasteiger partial charge in [0.1, 0.15) is 12.1 Å². The number of urea groups is 1. The van der Waals surface area contributed by atoms with Gasteiger partial charge in [-0.15, -0.1) is 0 Å². The number of unbranched alkanes of at least 4 members (excludes halogenated alkanes) is 2. The Morgan fingerprint density at radius 3 is 2.67 bits per heavy atom. The molecule has 2 rings (SSSR count). The third kappa shape index (κ3) is 3.77. The highest BCUT2D eigenvalue weighted by Gasteiger charge is 2.50. The Labute approximate surface area is 150 Å². The predicted octanol–water partition coefficient (Wildman–Crippen LogP) is 2.52. The third-order valence-corrected chi connectivity index (χ3v) is 4.78. The lowest BCUT2D eigenvalue weighted by Gasteiger charge is -2.23. The lowest BCUT2D eigenvalue weighted by atomic mass is 9.92. The van der Waals surface area contributed by atoms with Gasteiger partial charge < -0.3 is 10.6 Å². The van der Waals surface area contributed by atoms with E-state index in [0.29, 0.717) is 12.1 Å². The molecule has 0 radical (unpaired) electrons. The zero-order chi connectivity index (χ0) is 17.7. The van der Waals surface area contributed by atoms with E-state index in [1.165, 1.54) is 0 Å². The normalized spacial score (nSPS) is 20.2. The van der Waals surface area contributed by atoms with Gasteiger partial charge in [0.2, 0.25) is 5.91 Å². The van der Waals surface area contributed by atoms with Gasteiger partial charge >= 0.3 is 6.03 Å². The maximum Gasteiger partial charge on any atom is 0.325 e. The van der Waals surface area contributed by atoms with Crippen molar-refractivity contribution in [2.24, 2.45) is 0 Å². The Morgan fingerprint density at radius 2 is 2.00 bits per heavy atom. The monoisotopic (exact) mass is 395 g/mol. The van der Waals surface area contributed by atoms with Crippen molar-refractivity contribution in [1.29, 1.82) is 0 Å². The Morgan fingerprint density at radius 1 is 1.29 bits per heavy atom. The molecule has 1 aliphatic heterocycles. The molecule has 1 atom stereocenters. The van der Waals surface area contributed by atoms with Gasteiger partial charge in [-0.25, -0.2) is 4.79 Å². The Hall–Kier alpha value is -1.89. The van der Waals surface area contributed by atoms with Gasteiger partial charge in [0.25, 0.3) is 5.91 Å². The second-order valence-corrected chi connectivity index (χ2v) is 6.84. The van der Waals surface area contributed by atoms with E-state index in [2.05, 4.69) is 33.5 Å². The van der Waals surface area contributed by atoms with Crippen LogP contribution in [-0.2, 0) is 15.1 Å². The maximum absolute atomic E-state index is 12.7. The zero-order valence-electron chi connectivity index (χ0n) is 13.9. The number of rotatable bonds is 7. The Bertz CT molecular complexity index is 650. The molecule has 0 saturated carbocycles. The molecule has 1 unspecified atom stereocenters. The van der Waals surface area contributed by atoms with E-state index in [1.54, 1.807) is 19.1 Å². The summed E-state index contributed by atoms with van der Waals surface area (Å²) in [5.41, 5.74) is -0.520. The molecule has 24 heavy (non-hydrogen) atoms. The summed E-state index contributed by atoms with van der Waals surface area (Å²) in [6, 6.07) is 6.66. The van der Waals surface area contributed by atoms with Crippen LogP contribution in [0.1, 0.15) is 38.7 Å². The number of imide groups is 1. The highest BCUT2D eigenvalue weighted by atomic mass is 79.9. The van der Waals surface area contributed by atoms with Crippen molar-refractivity contribution in [1.82, 2.24) is 15.5 Å². The highest BCUT2D eigenvalue weighted by molar-refractivity contribution is 9.10. The van der Waals surface area contributed by atoms with Crippen molar-refractivity contribution in [2.75, 3.05) is 13.1 Å². The molecule has 6 nitrogen and oxygen atoms in total. The number of hydrogen-bond donors (Lipinski definition) is 2. The van der Waals surface area contributed by atoms with Crippen molar-refractivity contribution >= 4 is 33.8 Å². The molecule has 1 aromatic rings. The number of hydrogen-bond acceptors (Lipinski definition) is 3. The van der Waals surface area contributed by atoms with Crippen LogP contribution in [0.3, 0.4) is 0 Å². The summed E-state index contributed by atoms with van der Waals surface area (Å²) < 4.78 is 0.729. The molecule has 0 spiro atoms. The third-order valence-electron chi connectivity index (χ3n) is 4.09. The lowest BCUT2D eigenvalue weighted by molar-refractivity contribution is -0.134. The van der Waals surface area contributed by atoms with Crippen molar-refractivity contribution in [3.05, 3.63) is 34.3 Å². The SMILES string of the molecule is CCCCCNC(=O)CN1C(=O)NC(C)(c2ccccc2Br)C1=O. The first-order valence-electron chi connectivity index (χ1n) is 8.06. The van der Waals surface area contributed by atoms with Crippen molar-refractivity contribution in [3.63, 3.8) is 0 Å². The van der Waals surface area contributed by atoms with E-state index in [0.717, 1.165) is 28.6 Å². The first-order valence-corrected chi connectivity index (χ1v) is 8.85. The summed E-state index contributed by atoms with van der Waals surface area (Å²) in [6.45, 7) is 4.01. The second kappa shape index (κ2) is 7.79. The van der Waals surface area contributed by atoms with Crippen LogP contribution < -0.4 is 10.6 Å². The fourth-order valence-electron chi connectivity index (χ4n) is 2.69. The number of carbonyl (C=O) groups is 3. The molecule has 130 valence electrons. The van der Waals surface area contributed by atoms with E-state index >= 15 is 0 Å². The summed E-state index contributed by atoms with van der Waals surface area (Å²) >= 11 is 3.41. The van der Waals surface area contributed by atoms with Gasteiger partial charge in [-0.1, -0.05) is 53.9 Å². The number of nitrogens with zero attached hydrogens (tertiary/aromatic N) is 1. The van der Waals surface area contributed by atoms with E-state index in [-0.39, 0.29) is 12.5 Å². The minimum atomic E-state index is -1.18. The fourth-order valence-corrected chi connectivity index (χ4v) is 3.37. The van der Waals surface area contributed by atoms with Crippen LogP contribution in [0, 0.1) is 0 Å². The van der Waals surface area contributed by atoms with Gasteiger partial charge in [-0.2, -0.15) is 0 Å². The second-order valence-electron chi connectivity index (χ2n) is 5.98. The Balaban J connectivity index is 2.06. The first kappa shape index (κ1) is 18.4. The molecular formula is C17H22BrN3O3. The highest BCUT2D eigenvalue weighted by Crippen LogP contribution is 2.33. The molecule has 1 saturated heterocycles. The van der Waals surface area contributed by atoms with Crippen LogP contribution >= 0.6 is 15.9 Å². The van der Waals surface area contributed by atoms with Crippen LogP contribution in [-0.4, -0.2) is 35.8 Å². The van der Waals surface area contributed by atoms with Crippen molar-refractivity contribution in [2.45, 2.75) is 38.6 Å². The molecular weight excluding hydrogens is 374 g/mol. The molecule has 1 fully saturated rings. The Kier molecular flexibility index (Phi) is 5.99. The van der Waals surface area contributed by atoms with Gasteiger partial charge in [-0.05, 0) is 19.4 Å². The molecule has 1 aliphatic rings. The summed E-state index contributed by atoms with van der Waals surface area (Å²) in [5, 5.41) is 5.44. The van der Waals surface area contributed by atoms with Crippen LogP contribution in [0.25, 0.3) is 0 Å². The molecule has 1 heterocycles. The average Bonchev–Trinajstić information content (AvgIpc) is 2.76. The quantitative estimate of drug-likeness (QED) is 0.549. The molecule has 0 aromatic heterocycles. The number of nitrogens with one attached hydrogen (secondary N) is 2. The molecule has 4 amide bonds. The maximum atomic E-state index is 12.7. The summed E-state index contributed by atoms with van der Waals surface area (Å²) in [6.07, 6.45) is 2.98. The van der Waals surface area contributed by atoms with Gasteiger partial charge in [0.15, 0.2) is 0 Å². The average molecular weight is 396 g/mol. The number of benzene rings is 1. The minimum absolute atomic E-state index is 0.267. The number of carbonyl (C=O) groups excluding carboxylic acids is 3. The smallest absolute Gasteiger partial charge is 0.325 e. The predicted molar refractivity (Wildman–Crippen MR) is 94.3 cm³/mol. The summed E-state index contributed by atoms with van der Waals surface area (Å²) in [7, 11) is 0. The van der Waals surface area contributed by atoms with Crippen LogP contribution in [0.5, 0.6) is 0 Å². The lowest BCUT2D eigenvalue weighted by Crippen LogP contribution is -2.43. The van der Waals surface area contributed by atoms with E-state index in [1.807, 2.05) is 12.1 Å². The van der Waals surface area contributed by atoms with Crippen LogP contribution in [0.2, 0.25) is 0 Å². The summed E-state index contributed by atoms with van der Waals surface area (Å²) in [4.78, 5) is 37.9. The topological polar surface area (TPSA) is 78.5 Å². The molecule has 1 aromatic carbocycles. The van der Waals surface area contributed by atoms with E-state index < -0.39 is 17.5 Å². The minimum Gasteiger partial charge on any atom is -0.355 e. The van der Waals surface area contributed by atoms with Crippen molar-refractivity contribution in [3.8, 4) is 0 Å². The zero-order valence-corrected chi connectivity index (χ0v) is 15.5. The van der Waals surface area contributed by atoms with Gasteiger partial charge in [-0.3, -0.25) is 14.5 Å². The summed E-state index contributed by atoms with van der Waals surface area (Å²) in [5.74, 6) is -0.755. The van der Waals surface area contributed by atoms with Crippen molar-refractivity contribution < 1.29 is 14.4 Å². The molecule has 0 aliphatic carbocycles. The van der Waals surface area contributed by atoms with Gasteiger partial charge in [0, 0.05) is 16.6 Å². The largest absolute Gasteiger partial charge is 0.355 e.